The molecule has 0 saturated heterocycles. The third-order valence-corrected chi connectivity index (χ3v) is 1.84. The Morgan fingerprint density at radius 1 is 1.46 bits per heavy atom. The molecule has 2 aromatic rings. The van der Waals surface area contributed by atoms with Crippen molar-refractivity contribution in [3.05, 3.63) is 30.2 Å². The van der Waals surface area contributed by atoms with Gasteiger partial charge in [0.15, 0.2) is 0 Å². The van der Waals surface area contributed by atoms with Crippen LogP contribution in [0.5, 0.6) is 0 Å². The van der Waals surface area contributed by atoms with Crippen LogP contribution in [0.25, 0.3) is 10.9 Å². The number of fused-ring (bicyclic) bond motifs is 1. The molecule has 13 heavy (non-hydrogen) atoms. The Morgan fingerprint density at radius 2 is 2.31 bits per heavy atom. The zero-order valence-corrected chi connectivity index (χ0v) is 6.67. The number of H-pyrrole nitrogens is 1. The Morgan fingerprint density at radius 3 is 3.08 bits per heavy atom. The molecule has 0 atom stereocenters. The molecule has 2 N–H and O–H groups in total. The quantitative estimate of drug-likeness (QED) is 0.677. The van der Waals surface area contributed by atoms with E-state index in [0.29, 0.717) is 17.6 Å². The lowest BCUT2D eigenvalue weighted by atomic mass is 10.2. The summed E-state index contributed by atoms with van der Waals surface area (Å²) in [6, 6.07) is 4.71. The number of anilines is 1. The first-order chi connectivity index (χ1) is 6.31. The van der Waals surface area contributed by atoms with E-state index in [-0.39, 0.29) is 5.82 Å². The number of rotatable bonds is 2. The second-order valence-corrected chi connectivity index (χ2v) is 2.66. The van der Waals surface area contributed by atoms with Gasteiger partial charge in [0.2, 0.25) is 6.41 Å². The Labute approximate surface area is 73.6 Å². The van der Waals surface area contributed by atoms with Crippen molar-refractivity contribution < 1.29 is 9.18 Å². The number of nitrogens with one attached hydrogen (secondary N) is 2. The average Bonchev–Trinajstić information content (AvgIpc) is 2.53. The van der Waals surface area contributed by atoms with Gasteiger partial charge >= 0.3 is 0 Å². The largest absolute Gasteiger partial charge is 0.359 e. The van der Waals surface area contributed by atoms with Gasteiger partial charge in [0.1, 0.15) is 5.82 Å². The molecule has 0 aliphatic heterocycles. The van der Waals surface area contributed by atoms with Crippen LogP contribution < -0.4 is 5.32 Å². The van der Waals surface area contributed by atoms with Crippen LogP contribution in [0.1, 0.15) is 0 Å². The van der Waals surface area contributed by atoms with Crippen molar-refractivity contribution in [2.45, 2.75) is 0 Å². The van der Waals surface area contributed by atoms with Crippen LogP contribution in [-0.2, 0) is 4.79 Å². The van der Waals surface area contributed by atoms with E-state index in [1.807, 2.05) is 0 Å². The summed E-state index contributed by atoms with van der Waals surface area (Å²) in [5.41, 5.74) is 0.913. The van der Waals surface area contributed by atoms with Gasteiger partial charge in [0.05, 0.1) is 5.52 Å². The number of benzene rings is 1. The van der Waals surface area contributed by atoms with Crippen molar-refractivity contribution in [2.75, 3.05) is 5.32 Å². The van der Waals surface area contributed by atoms with E-state index in [2.05, 4.69) is 10.3 Å². The van der Waals surface area contributed by atoms with E-state index in [1.54, 1.807) is 18.3 Å². The van der Waals surface area contributed by atoms with Crippen molar-refractivity contribution in [3.8, 4) is 0 Å². The number of aromatic amines is 1. The molecular weight excluding hydrogens is 171 g/mol. The summed E-state index contributed by atoms with van der Waals surface area (Å²) in [4.78, 5) is 12.9. The zero-order valence-electron chi connectivity index (χ0n) is 6.67. The van der Waals surface area contributed by atoms with Gasteiger partial charge < -0.3 is 10.3 Å². The Balaban J connectivity index is 2.62. The number of aromatic nitrogens is 1. The lowest BCUT2D eigenvalue weighted by molar-refractivity contribution is -0.105. The fourth-order valence-electron chi connectivity index (χ4n) is 1.28. The standard InChI is InChI=1S/C9H7FN2O/c10-8-4-7(12-5-13)3-6-1-2-11-9(6)8/h1-5,11H,(H,12,13). The van der Waals surface area contributed by atoms with Gasteiger partial charge in [-0.15, -0.1) is 0 Å². The highest BCUT2D eigenvalue weighted by atomic mass is 19.1. The van der Waals surface area contributed by atoms with Crippen molar-refractivity contribution in [1.29, 1.82) is 0 Å². The highest BCUT2D eigenvalue weighted by molar-refractivity contribution is 5.86. The molecule has 3 nitrogen and oxygen atoms in total. The minimum atomic E-state index is -0.369. The highest BCUT2D eigenvalue weighted by Crippen LogP contribution is 2.20. The topological polar surface area (TPSA) is 44.9 Å². The molecule has 66 valence electrons. The Bertz CT molecular complexity index is 450. The lowest BCUT2D eigenvalue weighted by Gasteiger charge is -1.99. The molecule has 1 amide bonds. The van der Waals surface area contributed by atoms with Crippen LogP contribution in [0.4, 0.5) is 10.1 Å². The summed E-state index contributed by atoms with van der Waals surface area (Å²) in [6.45, 7) is 0. The predicted octanol–water partition coefficient (Wildman–Crippen LogP) is 1.88. The normalized spacial score (nSPS) is 10.2. The lowest BCUT2D eigenvalue weighted by Crippen LogP contribution is -1.94. The van der Waals surface area contributed by atoms with Crippen LogP contribution in [0, 0.1) is 5.82 Å². The molecule has 0 radical (unpaired) electrons. The van der Waals surface area contributed by atoms with Crippen molar-refractivity contribution in [3.63, 3.8) is 0 Å². The molecule has 0 bridgehead atoms. The van der Waals surface area contributed by atoms with Gasteiger partial charge in [-0.1, -0.05) is 0 Å². The summed E-state index contributed by atoms with van der Waals surface area (Å²) in [5, 5.41) is 3.14. The fourth-order valence-corrected chi connectivity index (χ4v) is 1.28. The van der Waals surface area contributed by atoms with Gasteiger partial charge in [0.25, 0.3) is 0 Å². The Hall–Kier alpha value is -1.84. The van der Waals surface area contributed by atoms with Crippen molar-refractivity contribution in [2.24, 2.45) is 0 Å². The number of hydrogen-bond donors (Lipinski definition) is 2. The summed E-state index contributed by atoms with van der Waals surface area (Å²) in [6.07, 6.45) is 2.17. The molecule has 0 saturated carbocycles. The van der Waals surface area contributed by atoms with Gasteiger partial charge in [-0.25, -0.2) is 4.39 Å². The van der Waals surface area contributed by atoms with E-state index in [4.69, 9.17) is 0 Å². The molecule has 0 unspecified atom stereocenters. The van der Waals surface area contributed by atoms with Crippen LogP contribution in [0.2, 0.25) is 0 Å². The van der Waals surface area contributed by atoms with E-state index in [0.717, 1.165) is 5.39 Å². The number of halogens is 1. The Kier molecular flexibility index (Phi) is 1.73. The average molecular weight is 178 g/mol. The molecular formula is C9H7FN2O. The van der Waals surface area contributed by atoms with Crippen LogP contribution in [0.3, 0.4) is 0 Å². The summed E-state index contributed by atoms with van der Waals surface area (Å²) in [5.74, 6) is -0.369. The SMILES string of the molecule is O=CNc1cc(F)c2[nH]ccc2c1. The summed E-state index contributed by atoms with van der Waals surface area (Å²) in [7, 11) is 0. The first kappa shape index (κ1) is 7.79. The zero-order chi connectivity index (χ0) is 9.26. The molecule has 0 aliphatic carbocycles. The molecule has 0 fully saturated rings. The fraction of sp³-hybridized carbons (Fsp3) is 0. The second kappa shape index (κ2) is 2.90. The first-order valence-corrected chi connectivity index (χ1v) is 3.78. The van der Waals surface area contributed by atoms with Crippen LogP contribution >= 0.6 is 0 Å². The van der Waals surface area contributed by atoms with Gasteiger partial charge in [-0.3, -0.25) is 4.79 Å². The number of hydrogen-bond acceptors (Lipinski definition) is 1. The molecule has 0 spiro atoms. The molecule has 1 heterocycles. The second-order valence-electron chi connectivity index (χ2n) is 2.66. The van der Waals surface area contributed by atoms with E-state index >= 15 is 0 Å². The third kappa shape index (κ3) is 1.26. The van der Waals surface area contributed by atoms with E-state index < -0.39 is 0 Å². The van der Waals surface area contributed by atoms with Crippen LogP contribution in [0.15, 0.2) is 24.4 Å². The van der Waals surface area contributed by atoms with Crippen molar-refractivity contribution >= 4 is 23.0 Å². The number of carbonyl (C=O) groups is 1. The van der Waals surface area contributed by atoms with Gasteiger partial charge in [-0.2, -0.15) is 0 Å². The molecule has 0 aliphatic rings. The van der Waals surface area contributed by atoms with E-state index in [9.17, 15) is 9.18 Å². The summed E-state index contributed by atoms with van der Waals surface area (Å²) >= 11 is 0. The first-order valence-electron chi connectivity index (χ1n) is 3.78. The van der Waals surface area contributed by atoms with Crippen LogP contribution in [-0.4, -0.2) is 11.4 Å². The molecule has 1 aromatic heterocycles. The maximum absolute atomic E-state index is 13.2. The third-order valence-electron chi connectivity index (χ3n) is 1.84. The van der Waals surface area contributed by atoms with Crippen molar-refractivity contribution in [1.82, 2.24) is 4.98 Å². The number of amides is 1. The monoisotopic (exact) mass is 178 g/mol. The van der Waals surface area contributed by atoms with Gasteiger partial charge in [-0.05, 0) is 18.2 Å². The molecule has 2 rings (SSSR count). The molecule has 1 aromatic carbocycles. The maximum Gasteiger partial charge on any atom is 0.211 e. The predicted molar refractivity (Wildman–Crippen MR) is 47.9 cm³/mol. The smallest absolute Gasteiger partial charge is 0.211 e. The van der Waals surface area contributed by atoms with Gasteiger partial charge in [0, 0.05) is 17.3 Å². The molecule has 4 heteroatoms. The minimum Gasteiger partial charge on any atom is -0.359 e. The minimum absolute atomic E-state index is 0.369. The number of carbonyl (C=O) groups excluding carboxylic acids is 1. The van der Waals surface area contributed by atoms with E-state index in [1.165, 1.54) is 6.07 Å². The highest BCUT2D eigenvalue weighted by Gasteiger charge is 2.03. The maximum atomic E-state index is 13.2. The summed E-state index contributed by atoms with van der Waals surface area (Å²) < 4.78 is 13.2.